The van der Waals surface area contributed by atoms with Crippen LogP contribution in [0.2, 0.25) is 0 Å². The van der Waals surface area contributed by atoms with Gasteiger partial charge in [-0.1, -0.05) is 66.6 Å². The van der Waals surface area contributed by atoms with Gasteiger partial charge >= 0.3 is 0 Å². The number of rotatable bonds is 3. The van der Waals surface area contributed by atoms with Gasteiger partial charge in [0, 0.05) is 7.05 Å². The molecule has 0 spiro atoms. The van der Waals surface area contributed by atoms with E-state index in [4.69, 9.17) is 6.42 Å². The molecule has 0 unspecified atom stereocenters. The van der Waals surface area contributed by atoms with E-state index in [0.717, 1.165) is 23.3 Å². The largest absolute Gasteiger partial charge is 0.381 e. The first kappa shape index (κ1) is 16.2. The molecule has 0 atom stereocenters. The Morgan fingerprint density at radius 2 is 1.65 bits per heavy atom. The Morgan fingerprint density at radius 3 is 2.46 bits per heavy atom. The van der Waals surface area contributed by atoms with Crippen LogP contribution in [0, 0.1) is 12.3 Å². The zero-order valence-corrected chi connectivity index (χ0v) is 15.1. The molecular formula is C25H21N. The molecule has 1 nitrogen and oxygen atoms in total. The van der Waals surface area contributed by atoms with Gasteiger partial charge in [-0.05, 0) is 63.9 Å². The van der Waals surface area contributed by atoms with Crippen LogP contribution in [0.3, 0.4) is 0 Å². The number of nitrogens with one attached hydrogen (secondary N) is 1. The quantitative estimate of drug-likeness (QED) is 0.487. The van der Waals surface area contributed by atoms with Crippen LogP contribution >= 0.6 is 0 Å². The van der Waals surface area contributed by atoms with Gasteiger partial charge in [0.2, 0.25) is 0 Å². The normalized spacial score (nSPS) is 12.7. The summed E-state index contributed by atoms with van der Waals surface area (Å²) in [5.74, 6) is 2.73. The highest BCUT2D eigenvalue weighted by Crippen LogP contribution is 2.41. The third-order valence-electron chi connectivity index (χ3n) is 5.23. The fraction of sp³-hybridized carbons (Fsp3) is 0.120. The smallest absolute Gasteiger partial charge is 0.0883 e. The second-order valence-corrected chi connectivity index (χ2v) is 6.64. The molecule has 0 aliphatic heterocycles. The molecule has 0 aromatic heterocycles. The first-order chi connectivity index (χ1) is 12.7. The van der Waals surface area contributed by atoms with Crippen molar-refractivity contribution in [1.29, 1.82) is 0 Å². The van der Waals surface area contributed by atoms with Crippen molar-refractivity contribution in [3.05, 3.63) is 89.1 Å². The van der Waals surface area contributed by atoms with Crippen LogP contribution in [0.1, 0.15) is 23.6 Å². The summed E-state index contributed by atoms with van der Waals surface area (Å²) in [5.41, 5.74) is 11.2. The minimum Gasteiger partial charge on any atom is -0.381 e. The lowest BCUT2D eigenvalue weighted by atomic mass is 9.93. The maximum Gasteiger partial charge on any atom is 0.0883 e. The molecule has 1 N–H and O–H groups in total. The molecule has 4 rings (SSSR count). The van der Waals surface area contributed by atoms with E-state index in [1.54, 1.807) is 0 Å². The third-order valence-corrected chi connectivity index (χ3v) is 5.23. The summed E-state index contributed by atoms with van der Waals surface area (Å²) < 4.78 is 0. The van der Waals surface area contributed by atoms with Crippen LogP contribution in [0.15, 0.2) is 72.4 Å². The summed E-state index contributed by atoms with van der Waals surface area (Å²) in [5, 5.41) is 3.11. The Labute approximate surface area is 155 Å². The van der Waals surface area contributed by atoms with E-state index in [9.17, 15) is 0 Å². The average Bonchev–Trinajstić information content (AvgIpc) is 3.07. The minimum atomic E-state index is 0.827. The molecule has 0 saturated carbocycles. The van der Waals surface area contributed by atoms with Crippen LogP contribution in [0.5, 0.6) is 0 Å². The van der Waals surface area contributed by atoms with Gasteiger partial charge in [-0.25, -0.2) is 0 Å². The predicted molar refractivity (Wildman–Crippen MR) is 111 cm³/mol. The number of benzene rings is 3. The van der Waals surface area contributed by atoms with Gasteiger partial charge in [-0.15, -0.1) is 6.42 Å². The molecular weight excluding hydrogens is 314 g/mol. The highest BCUT2D eigenvalue weighted by Gasteiger charge is 2.21. The van der Waals surface area contributed by atoms with E-state index in [1.165, 1.54) is 33.4 Å². The first-order valence-electron chi connectivity index (χ1n) is 8.89. The fourth-order valence-electron chi connectivity index (χ4n) is 3.86. The Morgan fingerprint density at radius 1 is 0.923 bits per heavy atom. The highest BCUT2D eigenvalue weighted by molar-refractivity contribution is 5.85. The molecule has 126 valence electrons. The Hall–Kier alpha value is -3.24. The van der Waals surface area contributed by atoms with Crippen molar-refractivity contribution in [2.45, 2.75) is 13.3 Å². The maximum absolute atomic E-state index is 5.62. The van der Waals surface area contributed by atoms with Crippen molar-refractivity contribution in [2.75, 3.05) is 7.05 Å². The van der Waals surface area contributed by atoms with Gasteiger partial charge in [0.1, 0.15) is 0 Å². The summed E-state index contributed by atoms with van der Waals surface area (Å²) in [6.45, 7) is 2.07. The molecule has 0 saturated heterocycles. The van der Waals surface area contributed by atoms with Crippen LogP contribution in [0.4, 0.5) is 0 Å². The molecule has 0 radical (unpaired) electrons. The number of hydrogen-bond acceptors (Lipinski definition) is 1. The molecule has 1 aliphatic rings. The number of hydrogen-bond donors (Lipinski definition) is 1. The van der Waals surface area contributed by atoms with Crippen molar-refractivity contribution in [3.8, 4) is 34.6 Å². The second-order valence-electron chi connectivity index (χ2n) is 6.64. The summed E-state index contributed by atoms with van der Waals surface area (Å²) in [4.78, 5) is 0. The molecule has 0 fully saturated rings. The Balaban J connectivity index is 1.83. The lowest BCUT2D eigenvalue weighted by Gasteiger charge is -2.12. The van der Waals surface area contributed by atoms with Crippen LogP contribution < -0.4 is 5.32 Å². The van der Waals surface area contributed by atoms with Crippen molar-refractivity contribution in [1.82, 2.24) is 5.32 Å². The van der Waals surface area contributed by atoms with E-state index in [1.807, 2.05) is 7.05 Å². The number of terminal acetylenes is 1. The Bertz CT molecular complexity index is 1060. The molecule has 26 heavy (non-hydrogen) atoms. The first-order valence-corrected chi connectivity index (χ1v) is 8.89. The topological polar surface area (TPSA) is 12.0 Å². The van der Waals surface area contributed by atoms with E-state index in [0.29, 0.717) is 0 Å². The van der Waals surface area contributed by atoms with Crippen LogP contribution in [0.25, 0.3) is 27.8 Å². The number of allylic oxidation sites excluding steroid dienone is 2. The van der Waals surface area contributed by atoms with E-state index >= 15 is 0 Å². The minimum absolute atomic E-state index is 0.827. The summed E-state index contributed by atoms with van der Waals surface area (Å²) in [7, 11) is 1.86. The lowest BCUT2D eigenvalue weighted by Crippen LogP contribution is -2.05. The molecule has 1 heteroatoms. The fourth-order valence-corrected chi connectivity index (χ4v) is 3.86. The zero-order chi connectivity index (χ0) is 18.1. The molecule has 0 bridgehead atoms. The van der Waals surface area contributed by atoms with Gasteiger partial charge in [-0.2, -0.15) is 0 Å². The molecule has 0 heterocycles. The predicted octanol–water partition coefficient (Wildman–Crippen LogP) is 5.51. The molecule has 0 amide bonds. The van der Waals surface area contributed by atoms with Gasteiger partial charge in [0.15, 0.2) is 0 Å². The summed E-state index contributed by atoms with van der Waals surface area (Å²) >= 11 is 0. The second kappa shape index (κ2) is 6.58. The Kier molecular flexibility index (Phi) is 4.11. The molecule has 3 aromatic rings. The van der Waals surface area contributed by atoms with Crippen molar-refractivity contribution in [3.63, 3.8) is 0 Å². The van der Waals surface area contributed by atoms with Crippen molar-refractivity contribution < 1.29 is 0 Å². The van der Waals surface area contributed by atoms with Crippen molar-refractivity contribution >= 4 is 5.57 Å². The van der Waals surface area contributed by atoms with Gasteiger partial charge in [-0.3, -0.25) is 0 Å². The standard InChI is InChI=1S/C25H21N/c1-4-25(26-3)17(2)18-10-7-11-19(15-18)22-13-8-14-23-21-12-6-5-9-20(21)16-24(22)23/h1,5-15,26H,16H2,2-3H3/b25-17+. The van der Waals surface area contributed by atoms with Gasteiger partial charge in [0.05, 0.1) is 5.70 Å². The monoisotopic (exact) mass is 335 g/mol. The van der Waals surface area contributed by atoms with E-state index < -0.39 is 0 Å². The van der Waals surface area contributed by atoms with Crippen LogP contribution in [-0.2, 0) is 6.42 Å². The van der Waals surface area contributed by atoms with Crippen LogP contribution in [-0.4, -0.2) is 7.05 Å². The van der Waals surface area contributed by atoms with E-state index in [-0.39, 0.29) is 0 Å². The van der Waals surface area contributed by atoms with Gasteiger partial charge < -0.3 is 5.32 Å². The third kappa shape index (κ3) is 2.61. The van der Waals surface area contributed by atoms with E-state index in [2.05, 4.69) is 84.9 Å². The average molecular weight is 335 g/mol. The highest BCUT2D eigenvalue weighted by atomic mass is 14.8. The maximum atomic E-state index is 5.62. The zero-order valence-electron chi connectivity index (χ0n) is 15.1. The SMILES string of the molecule is C#C/C(NC)=C(/C)c1cccc(-c2cccc3c2Cc2ccccc2-3)c1. The van der Waals surface area contributed by atoms with Crippen molar-refractivity contribution in [2.24, 2.45) is 0 Å². The lowest BCUT2D eigenvalue weighted by molar-refractivity contribution is 1.05. The summed E-state index contributed by atoms with van der Waals surface area (Å²) in [6.07, 6.45) is 6.62. The molecule has 3 aromatic carbocycles. The number of fused-ring (bicyclic) bond motifs is 3. The summed E-state index contributed by atoms with van der Waals surface area (Å²) in [6, 6.07) is 24.0. The van der Waals surface area contributed by atoms with Gasteiger partial charge in [0.25, 0.3) is 0 Å². The molecule has 1 aliphatic carbocycles.